The van der Waals surface area contributed by atoms with Gasteiger partial charge in [0, 0.05) is 18.0 Å². The number of nitrogens with two attached hydrogens (primary N) is 1. The molecule has 1 aromatic rings. The number of hydrogen-bond donors (Lipinski definition) is 1. The smallest absolute Gasteiger partial charge is 0.124 e. The van der Waals surface area contributed by atoms with E-state index in [0.29, 0.717) is 6.10 Å². The van der Waals surface area contributed by atoms with Gasteiger partial charge in [0.2, 0.25) is 0 Å². The Hall–Kier alpha value is -1.02. The lowest BCUT2D eigenvalue weighted by Crippen LogP contribution is -2.28. The van der Waals surface area contributed by atoms with Crippen LogP contribution in [0.25, 0.3) is 0 Å². The number of hydrogen-bond acceptors (Lipinski definition) is 2. The molecule has 1 aromatic carbocycles. The van der Waals surface area contributed by atoms with Crippen molar-refractivity contribution in [3.63, 3.8) is 0 Å². The molecule has 0 aliphatic carbocycles. The maximum Gasteiger partial charge on any atom is 0.124 e. The monoisotopic (exact) mass is 177 g/mol. The summed E-state index contributed by atoms with van der Waals surface area (Å²) >= 11 is 0. The second-order valence-corrected chi connectivity index (χ2v) is 3.53. The fraction of sp³-hybridized carbons (Fsp3) is 0.455. The van der Waals surface area contributed by atoms with Crippen molar-refractivity contribution in [2.24, 2.45) is 5.73 Å². The van der Waals surface area contributed by atoms with Crippen LogP contribution >= 0.6 is 0 Å². The van der Waals surface area contributed by atoms with Gasteiger partial charge in [-0.15, -0.1) is 0 Å². The number of rotatable bonds is 1. The summed E-state index contributed by atoms with van der Waals surface area (Å²) in [5.41, 5.74) is 7.18. The molecule has 0 fully saturated rings. The van der Waals surface area contributed by atoms with Crippen LogP contribution in [0.5, 0.6) is 5.75 Å². The molecule has 1 aliphatic rings. The van der Waals surface area contributed by atoms with Crippen LogP contribution in [0.2, 0.25) is 0 Å². The molecule has 0 amide bonds. The van der Waals surface area contributed by atoms with Gasteiger partial charge in [-0.05, 0) is 12.5 Å². The predicted octanol–water partition coefficient (Wildman–Crippen LogP) is 2.25. The van der Waals surface area contributed by atoms with Crippen LogP contribution in [-0.4, -0.2) is 6.10 Å². The van der Waals surface area contributed by atoms with Crippen LogP contribution < -0.4 is 10.5 Å². The van der Waals surface area contributed by atoms with E-state index in [1.807, 2.05) is 24.3 Å². The van der Waals surface area contributed by atoms with Crippen molar-refractivity contribution in [3.05, 3.63) is 29.8 Å². The zero-order valence-electron chi connectivity index (χ0n) is 7.86. The highest BCUT2D eigenvalue weighted by Gasteiger charge is 2.23. The van der Waals surface area contributed by atoms with Crippen LogP contribution in [0.1, 0.15) is 31.4 Å². The van der Waals surface area contributed by atoms with E-state index in [1.54, 1.807) is 0 Å². The second-order valence-electron chi connectivity index (χ2n) is 3.53. The molecule has 0 radical (unpaired) electrons. The number of para-hydroxylation sites is 1. The van der Waals surface area contributed by atoms with Crippen molar-refractivity contribution in [3.8, 4) is 5.75 Å². The minimum Gasteiger partial charge on any atom is -0.490 e. The highest BCUT2D eigenvalue weighted by Crippen LogP contribution is 2.33. The van der Waals surface area contributed by atoms with Crippen molar-refractivity contribution in [1.29, 1.82) is 0 Å². The van der Waals surface area contributed by atoms with Crippen LogP contribution in [0.3, 0.4) is 0 Å². The van der Waals surface area contributed by atoms with E-state index >= 15 is 0 Å². The van der Waals surface area contributed by atoms with Gasteiger partial charge in [0.1, 0.15) is 11.9 Å². The van der Waals surface area contributed by atoms with Gasteiger partial charge in [-0.1, -0.05) is 25.1 Å². The molecule has 0 spiro atoms. The Kier molecular flexibility index (Phi) is 2.23. The van der Waals surface area contributed by atoms with Gasteiger partial charge in [-0.3, -0.25) is 0 Å². The third-order valence-corrected chi connectivity index (χ3v) is 2.58. The Bertz CT molecular complexity index is 298. The zero-order valence-corrected chi connectivity index (χ0v) is 7.86. The highest BCUT2D eigenvalue weighted by atomic mass is 16.5. The van der Waals surface area contributed by atoms with Crippen molar-refractivity contribution < 1.29 is 4.74 Å². The van der Waals surface area contributed by atoms with Crippen LogP contribution in [0.15, 0.2) is 24.3 Å². The lowest BCUT2D eigenvalue weighted by Gasteiger charge is -2.29. The minimum absolute atomic E-state index is 0.148. The summed E-state index contributed by atoms with van der Waals surface area (Å²) in [7, 11) is 0. The summed E-state index contributed by atoms with van der Waals surface area (Å²) in [4.78, 5) is 0. The summed E-state index contributed by atoms with van der Waals surface area (Å²) in [5.74, 6) is 0.966. The first-order valence-corrected chi connectivity index (χ1v) is 4.82. The lowest BCUT2D eigenvalue weighted by molar-refractivity contribution is 0.155. The molecule has 0 saturated carbocycles. The van der Waals surface area contributed by atoms with Crippen LogP contribution in [-0.2, 0) is 0 Å². The zero-order chi connectivity index (χ0) is 9.26. The van der Waals surface area contributed by atoms with E-state index in [2.05, 4.69) is 6.92 Å². The number of fused-ring (bicyclic) bond motifs is 1. The Balaban J connectivity index is 2.31. The minimum atomic E-state index is 0.148. The molecule has 1 aliphatic heterocycles. The molecule has 1 heterocycles. The molecule has 2 rings (SSSR count). The van der Waals surface area contributed by atoms with E-state index in [4.69, 9.17) is 10.5 Å². The van der Waals surface area contributed by atoms with E-state index in [0.717, 1.165) is 24.2 Å². The van der Waals surface area contributed by atoms with Crippen LogP contribution in [0, 0.1) is 0 Å². The maximum atomic E-state index is 6.03. The molecular weight excluding hydrogens is 162 g/mol. The third kappa shape index (κ3) is 1.54. The van der Waals surface area contributed by atoms with Gasteiger partial charge in [-0.2, -0.15) is 0 Å². The topological polar surface area (TPSA) is 35.2 Å². The first kappa shape index (κ1) is 8.57. The Morgan fingerprint density at radius 1 is 1.46 bits per heavy atom. The molecular formula is C11H15NO. The van der Waals surface area contributed by atoms with Crippen LogP contribution in [0.4, 0.5) is 0 Å². The number of benzene rings is 1. The lowest BCUT2D eigenvalue weighted by atomic mass is 9.96. The molecule has 0 aromatic heterocycles. The SMILES string of the molecule is CC[C@@H]1C[C@H](N)c2ccccc2O1. The summed E-state index contributed by atoms with van der Waals surface area (Å²) in [6.07, 6.45) is 2.26. The Morgan fingerprint density at radius 3 is 3.00 bits per heavy atom. The molecule has 2 N–H and O–H groups in total. The largest absolute Gasteiger partial charge is 0.490 e. The molecule has 2 atom stereocenters. The fourth-order valence-electron chi connectivity index (χ4n) is 1.78. The molecule has 0 unspecified atom stereocenters. The fourth-order valence-corrected chi connectivity index (χ4v) is 1.78. The molecule has 13 heavy (non-hydrogen) atoms. The van der Waals surface area contributed by atoms with Crippen molar-refractivity contribution >= 4 is 0 Å². The van der Waals surface area contributed by atoms with E-state index in [9.17, 15) is 0 Å². The van der Waals surface area contributed by atoms with E-state index < -0.39 is 0 Å². The van der Waals surface area contributed by atoms with Crippen molar-refractivity contribution in [2.75, 3.05) is 0 Å². The molecule has 70 valence electrons. The first-order valence-electron chi connectivity index (χ1n) is 4.82. The van der Waals surface area contributed by atoms with Gasteiger partial charge in [0.25, 0.3) is 0 Å². The number of ether oxygens (including phenoxy) is 1. The standard InChI is InChI=1S/C11H15NO/c1-2-8-7-10(12)9-5-3-4-6-11(9)13-8/h3-6,8,10H,2,7,12H2,1H3/t8-,10+/m1/s1. The summed E-state index contributed by atoms with van der Waals surface area (Å²) in [5, 5.41) is 0. The average Bonchev–Trinajstić information content (AvgIpc) is 2.18. The summed E-state index contributed by atoms with van der Waals surface area (Å²) in [6, 6.07) is 8.19. The Morgan fingerprint density at radius 2 is 2.23 bits per heavy atom. The maximum absolute atomic E-state index is 6.03. The van der Waals surface area contributed by atoms with E-state index in [-0.39, 0.29) is 6.04 Å². The average molecular weight is 177 g/mol. The molecule has 0 saturated heterocycles. The highest BCUT2D eigenvalue weighted by molar-refractivity contribution is 5.37. The Labute approximate surface area is 78.7 Å². The van der Waals surface area contributed by atoms with Gasteiger partial charge >= 0.3 is 0 Å². The van der Waals surface area contributed by atoms with Gasteiger partial charge < -0.3 is 10.5 Å². The predicted molar refractivity (Wildman–Crippen MR) is 52.7 cm³/mol. The molecule has 0 bridgehead atoms. The first-order chi connectivity index (χ1) is 6.31. The summed E-state index contributed by atoms with van der Waals surface area (Å²) in [6.45, 7) is 2.13. The second kappa shape index (κ2) is 3.38. The van der Waals surface area contributed by atoms with Gasteiger partial charge in [0.15, 0.2) is 0 Å². The normalized spacial score (nSPS) is 26.3. The molecule has 2 nitrogen and oxygen atoms in total. The van der Waals surface area contributed by atoms with Gasteiger partial charge in [-0.25, -0.2) is 0 Å². The van der Waals surface area contributed by atoms with E-state index in [1.165, 1.54) is 0 Å². The quantitative estimate of drug-likeness (QED) is 0.714. The summed E-state index contributed by atoms with van der Waals surface area (Å²) < 4.78 is 5.77. The van der Waals surface area contributed by atoms with Crippen molar-refractivity contribution in [2.45, 2.75) is 31.9 Å². The molecule has 2 heteroatoms. The third-order valence-electron chi connectivity index (χ3n) is 2.58. The van der Waals surface area contributed by atoms with Gasteiger partial charge in [0.05, 0.1) is 0 Å². The van der Waals surface area contributed by atoms with Crippen molar-refractivity contribution in [1.82, 2.24) is 0 Å².